The highest BCUT2D eigenvalue weighted by Crippen LogP contribution is 2.59. The van der Waals surface area contributed by atoms with E-state index in [0.717, 1.165) is 25.8 Å². The van der Waals surface area contributed by atoms with Gasteiger partial charge in [0.2, 0.25) is 5.91 Å². The largest absolute Gasteiger partial charge is 0.460 e. The van der Waals surface area contributed by atoms with Crippen molar-refractivity contribution in [2.45, 2.75) is 115 Å². The molecule has 1 spiro atoms. The molecule has 4 fully saturated rings. The minimum Gasteiger partial charge on any atom is -0.460 e. The Balaban J connectivity index is 1.34. The Morgan fingerprint density at radius 1 is 1.24 bits per heavy atom. The lowest BCUT2D eigenvalue weighted by atomic mass is 9.68. The van der Waals surface area contributed by atoms with Crippen LogP contribution in [-0.2, 0) is 28.5 Å². The molecule has 8 nitrogen and oxygen atoms in total. The molecule has 38 heavy (non-hydrogen) atoms. The number of amides is 1. The lowest BCUT2D eigenvalue weighted by Crippen LogP contribution is -2.55. The number of hydrogen-bond acceptors (Lipinski definition) is 7. The lowest BCUT2D eigenvalue weighted by Gasteiger charge is -2.42. The second-order valence-electron chi connectivity index (χ2n) is 12.8. The number of hydrogen-bond donors (Lipinski definition) is 1. The van der Waals surface area contributed by atoms with E-state index >= 15 is 0 Å². The molecular formula is C30H50N2O6. The summed E-state index contributed by atoms with van der Waals surface area (Å²) in [5, 5.41) is 3.08. The van der Waals surface area contributed by atoms with Crippen molar-refractivity contribution in [3.05, 3.63) is 11.6 Å². The molecule has 3 saturated heterocycles. The number of esters is 1. The fourth-order valence-electron chi connectivity index (χ4n) is 6.93. The van der Waals surface area contributed by atoms with Crippen LogP contribution < -0.4 is 5.32 Å². The maximum absolute atomic E-state index is 13.2. The van der Waals surface area contributed by atoms with Crippen molar-refractivity contribution in [1.82, 2.24) is 10.2 Å². The summed E-state index contributed by atoms with van der Waals surface area (Å²) in [4.78, 5) is 28.6. The number of rotatable bonds is 12. The molecule has 1 N–H and O–H groups in total. The minimum absolute atomic E-state index is 0.0139. The molecule has 3 aliphatic heterocycles. The van der Waals surface area contributed by atoms with Crippen molar-refractivity contribution in [1.29, 1.82) is 0 Å². The van der Waals surface area contributed by atoms with Gasteiger partial charge in [-0.15, -0.1) is 0 Å². The number of carbonyl (C=O) groups excluding carboxylic acids is 2. The summed E-state index contributed by atoms with van der Waals surface area (Å²) in [7, 11) is 3.83. The van der Waals surface area contributed by atoms with Crippen LogP contribution in [0, 0.1) is 17.8 Å². The number of methoxy groups -OCH3 is 1. The van der Waals surface area contributed by atoms with Gasteiger partial charge in [0.15, 0.2) is 0 Å². The number of likely N-dealkylation sites (tertiary alicyclic amines) is 1. The van der Waals surface area contributed by atoms with E-state index in [0.29, 0.717) is 25.6 Å². The van der Waals surface area contributed by atoms with Crippen molar-refractivity contribution in [3.63, 3.8) is 0 Å². The van der Waals surface area contributed by atoms with Crippen molar-refractivity contribution < 1.29 is 28.5 Å². The topological polar surface area (TPSA) is 92.9 Å². The lowest BCUT2D eigenvalue weighted by molar-refractivity contribution is -0.173. The third kappa shape index (κ3) is 6.45. The van der Waals surface area contributed by atoms with E-state index in [9.17, 15) is 9.59 Å². The third-order valence-corrected chi connectivity index (χ3v) is 9.50. The number of nitrogens with zero attached hydrogens (tertiary/aromatic N) is 1. The Morgan fingerprint density at radius 3 is 2.55 bits per heavy atom. The van der Waals surface area contributed by atoms with Crippen LogP contribution in [0.5, 0.6) is 0 Å². The first kappa shape index (κ1) is 29.5. The number of allylic oxidation sites excluding steroid dienone is 1. The van der Waals surface area contributed by atoms with E-state index < -0.39 is 5.92 Å². The van der Waals surface area contributed by atoms with Crippen LogP contribution in [0.2, 0.25) is 0 Å². The summed E-state index contributed by atoms with van der Waals surface area (Å²) in [6, 6.07) is 0.528. The monoisotopic (exact) mass is 534 g/mol. The molecule has 216 valence electrons. The van der Waals surface area contributed by atoms with E-state index in [1.54, 1.807) is 7.11 Å². The average Bonchev–Trinajstić information content (AvgIpc) is 3.73. The van der Waals surface area contributed by atoms with Crippen molar-refractivity contribution in [3.8, 4) is 0 Å². The smallest absolute Gasteiger partial charge is 0.306 e. The summed E-state index contributed by atoms with van der Waals surface area (Å²) < 4.78 is 24.3. The molecule has 0 aromatic rings. The third-order valence-electron chi connectivity index (χ3n) is 9.50. The van der Waals surface area contributed by atoms with Crippen LogP contribution in [0.3, 0.4) is 0 Å². The first-order chi connectivity index (χ1) is 18.0. The van der Waals surface area contributed by atoms with E-state index in [1.807, 2.05) is 13.8 Å². The predicted octanol–water partition coefficient (Wildman–Crippen LogP) is 3.87. The summed E-state index contributed by atoms with van der Waals surface area (Å²) in [6.07, 6.45) is 7.38. The van der Waals surface area contributed by atoms with Crippen LogP contribution in [0.15, 0.2) is 11.6 Å². The maximum Gasteiger partial charge on any atom is 0.306 e. The Hall–Kier alpha value is -1.48. The molecule has 1 aliphatic carbocycles. The van der Waals surface area contributed by atoms with E-state index in [1.165, 1.54) is 18.4 Å². The van der Waals surface area contributed by atoms with Gasteiger partial charge in [-0.3, -0.25) is 9.59 Å². The van der Waals surface area contributed by atoms with Gasteiger partial charge in [0, 0.05) is 19.7 Å². The van der Waals surface area contributed by atoms with Crippen LogP contribution in [-0.4, -0.2) is 86.2 Å². The van der Waals surface area contributed by atoms with Crippen molar-refractivity contribution in [2.75, 3.05) is 33.9 Å². The Labute approximate surface area is 229 Å². The summed E-state index contributed by atoms with van der Waals surface area (Å²) >= 11 is 0. The molecule has 4 rings (SSSR count). The molecule has 0 bridgehead atoms. The zero-order valence-corrected chi connectivity index (χ0v) is 24.6. The van der Waals surface area contributed by atoms with E-state index in [2.05, 4.69) is 44.1 Å². The highest BCUT2D eigenvalue weighted by molar-refractivity contribution is 5.84. The van der Waals surface area contributed by atoms with Crippen LogP contribution in [0.1, 0.15) is 79.6 Å². The number of epoxide rings is 2. The molecule has 8 heteroatoms. The molecule has 4 aliphatic rings. The van der Waals surface area contributed by atoms with Gasteiger partial charge in [-0.2, -0.15) is 0 Å². The molecule has 1 saturated carbocycles. The molecular weight excluding hydrogens is 484 g/mol. The highest BCUT2D eigenvalue weighted by atomic mass is 16.6. The zero-order valence-electron chi connectivity index (χ0n) is 24.6. The molecule has 8 atom stereocenters. The molecule has 3 unspecified atom stereocenters. The highest BCUT2D eigenvalue weighted by Gasteiger charge is 2.72. The number of ether oxygens (including phenoxy) is 4. The van der Waals surface area contributed by atoms with Crippen LogP contribution >= 0.6 is 0 Å². The van der Waals surface area contributed by atoms with Gasteiger partial charge in [-0.05, 0) is 78.8 Å². The predicted molar refractivity (Wildman–Crippen MR) is 146 cm³/mol. The van der Waals surface area contributed by atoms with Gasteiger partial charge in [0.25, 0.3) is 0 Å². The molecule has 3 heterocycles. The van der Waals surface area contributed by atoms with Crippen LogP contribution in [0.4, 0.5) is 0 Å². The Kier molecular flexibility index (Phi) is 9.28. The maximum atomic E-state index is 13.2. The Morgan fingerprint density at radius 2 is 1.97 bits per heavy atom. The minimum atomic E-state index is -0.417. The van der Waals surface area contributed by atoms with Gasteiger partial charge in [0.05, 0.1) is 31.0 Å². The Bertz CT molecular complexity index is 882. The molecule has 0 radical (unpaired) electrons. The van der Waals surface area contributed by atoms with Crippen molar-refractivity contribution in [2.24, 2.45) is 17.8 Å². The second-order valence-corrected chi connectivity index (χ2v) is 12.8. The second kappa shape index (κ2) is 11.9. The van der Waals surface area contributed by atoms with Crippen molar-refractivity contribution >= 4 is 11.9 Å². The van der Waals surface area contributed by atoms with Gasteiger partial charge < -0.3 is 29.2 Å². The van der Waals surface area contributed by atoms with E-state index in [4.69, 9.17) is 18.9 Å². The van der Waals surface area contributed by atoms with Crippen LogP contribution in [0.25, 0.3) is 0 Å². The average molecular weight is 535 g/mol. The van der Waals surface area contributed by atoms with Gasteiger partial charge >= 0.3 is 5.97 Å². The first-order valence-corrected chi connectivity index (χ1v) is 14.7. The summed E-state index contributed by atoms with van der Waals surface area (Å²) in [5.41, 5.74) is 0.641. The van der Waals surface area contributed by atoms with Gasteiger partial charge in [-0.1, -0.05) is 25.5 Å². The quantitative estimate of drug-likeness (QED) is 0.231. The molecule has 0 aromatic heterocycles. The standard InChI is InChI=1S/C30H50N2O6/c1-19(2)10-11-24-29(5,38-24)27-26(35-7)23(12-14-30(27)18-36-30)37-25(33)17-22(20(3)4)28(34)31-15-13-21-9-8-16-32(21)6/h10,20-24,26-27H,8-9,11-18H2,1-7H3,(H,31,34)/t21?,22-,23-,24-,26-,27?,29?,30+/m1/s1. The fraction of sp³-hybridized carbons (Fsp3) is 0.867. The zero-order chi connectivity index (χ0) is 27.7. The first-order valence-electron chi connectivity index (χ1n) is 14.7. The van der Waals surface area contributed by atoms with E-state index in [-0.39, 0.29) is 59.6 Å². The SMILES string of the molecule is CO[C@H]1C(C2(C)O[C@@H]2CC=C(C)C)[C@]2(CC[C@H]1OC(=O)C[C@@H](C(=O)NCCC1CCCN1C)C(C)C)CO2. The van der Waals surface area contributed by atoms with Gasteiger partial charge in [-0.25, -0.2) is 0 Å². The van der Waals surface area contributed by atoms with Gasteiger partial charge in [0.1, 0.15) is 23.4 Å². The molecule has 0 aromatic carbocycles. The number of nitrogens with one attached hydrogen (secondary N) is 1. The summed E-state index contributed by atoms with van der Waals surface area (Å²) in [5.74, 6) is -0.795. The summed E-state index contributed by atoms with van der Waals surface area (Å²) in [6.45, 7) is 12.8. The normalized spacial score (nSPS) is 37.2. The number of carbonyl (C=O) groups is 2. The molecule has 1 amide bonds. The fourth-order valence-corrected chi connectivity index (χ4v) is 6.93.